The van der Waals surface area contributed by atoms with E-state index in [-0.39, 0.29) is 5.43 Å². The maximum absolute atomic E-state index is 12.8. The van der Waals surface area contributed by atoms with Gasteiger partial charge in [-0.25, -0.2) is 5.84 Å². The van der Waals surface area contributed by atoms with Gasteiger partial charge in [0, 0.05) is 53.5 Å². The van der Waals surface area contributed by atoms with Crippen molar-refractivity contribution < 1.29 is 4.74 Å². The molecule has 0 radical (unpaired) electrons. The second kappa shape index (κ2) is 15.8. The minimum absolute atomic E-state index is 0.0482. The number of para-hydroxylation sites is 1. The Hall–Kier alpha value is -3.92. The molecule has 2 heterocycles. The highest BCUT2D eigenvalue weighted by molar-refractivity contribution is 7.80. The molecule has 1 aliphatic heterocycles. The number of benzene rings is 3. The smallest absolute Gasteiger partial charge is 0.191 e. The highest BCUT2D eigenvalue weighted by atomic mass is 32.1. The highest BCUT2D eigenvalue weighted by Gasteiger charge is 2.15. The molecule has 41 heavy (non-hydrogen) atoms. The fourth-order valence-electron chi connectivity index (χ4n) is 4.40. The number of ether oxygens (including phenoxy) is 1. The summed E-state index contributed by atoms with van der Waals surface area (Å²) in [5, 5.41) is 2.10. The number of hydrazine groups is 1. The third-order valence-corrected chi connectivity index (χ3v) is 6.68. The molecule has 9 heteroatoms. The van der Waals surface area contributed by atoms with Crippen LogP contribution in [-0.2, 0) is 11.3 Å². The average molecular weight is 575 g/mol. The van der Waals surface area contributed by atoms with Crippen molar-refractivity contribution in [3.8, 4) is 0 Å². The number of anilines is 2. The van der Waals surface area contributed by atoms with Gasteiger partial charge in [0.1, 0.15) is 5.82 Å². The zero-order valence-corrected chi connectivity index (χ0v) is 25.0. The van der Waals surface area contributed by atoms with Crippen molar-refractivity contribution in [2.45, 2.75) is 38.6 Å². The number of nitrogens with one attached hydrogen (secondary N) is 1. The zero-order valence-electron chi connectivity index (χ0n) is 24.1. The van der Waals surface area contributed by atoms with Gasteiger partial charge in [-0.05, 0) is 49.2 Å². The first-order valence-electron chi connectivity index (χ1n) is 13.9. The lowest BCUT2D eigenvalue weighted by Gasteiger charge is -2.22. The number of thiol groups is 1. The molecule has 5 rings (SSSR count). The maximum atomic E-state index is 12.8. The van der Waals surface area contributed by atoms with Gasteiger partial charge in [0.05, 0.1) is 24.4 Å². The molecule has 0 saturated carbocycles. The summed E-state index contributed by atoms with van der Waals surface area (Å²) in [6.07, 6.45) is 2.58. The van der Waals surface area contributed by atoms with Crippen molar-refractivity contribution in [2.75, 3.05) is 36.9 Å². The molecule has 0 spiro atoms. The molecular formula is C32H42N6O2S. The molecule has 0 unspecified atom stereocenters. The first-order chi connectivity index (χ1) is 19.8. The first kappa shape index (κ1) is 31.6. The summed E-state index contributed by atoms with van der Waals surface area (Å²) in [6, 6.07) is 22.7. The van der Waals surface area contributed by atoms with Crippen LogP contribution < -0.4 is 27.6 Å². The van der Waals surface area contributed by atoms with E-state index in [0.717, 1.165) is 48.0 Å². The van der Waals surface area contributed by atoms with Crippen LogP contribution in [0.1, 0.15) is 37.0 Å². The number of aromatic amines is 1. The van der Waals surface area contributed by atoms with Gasteiger partial charge in [0.2, 0.25) is 0 Å². The summed E-state index contributed by atoms with van der Waals surface area (Å²) in [7, 11) is 0. The molecule has 8 nitrogen and oxygen atoms in total. The summed E-state index contributed by atoms with van der Waals surface area (Å²) >= 11 is 4.13. The average Bonchev–Trinajstić information content (AvgIpc) is 3.25. The zero-order chi connectivity index (χ0) is 29.8. The van der Waals surface area contributed by atoms with E-state index in [9.17, 15) is 4.79 Å². The Labute approximate surface area is 248 Å². The molecule has 0 atom stereocenters. The van der Waals surface area contributed by atoms with E-state index in [1.165, 1.54) is 10.6 Å². The van der Waals surface area contributed by atoms with Crippen molar-refractivity contribution in [3.05, 3.63) is 106 Å². The summed E-state index contributed by atoms with van der Waals surface area (Å²) < 4.78 is 5.54. The van der Waals surface area contributed by atoms with Crippen molar-refractivity contribution in [1.82, 2.24) is 9.99 Å². The number of fused-ring (bicyclic) bond motifs is 1. The van der Waals surface area contributed by atoms with Gasteiger partial charge < -0.3 is 31.1 Å². The van der Waals surface area contributed by atoms with Gasteiger partial charge >= 0.3 is 0 Å². The number of pyridine rings is 1. The second-order valence-corrected chi connectivity index (χ2v) is 10.1. The van der Waals surface area contributed by atoms with Gasteiger partial charge in [-0.15, -0.1) is 12.6 Å². The van der Waals surface area contributed by atoms with Crippen LogP contribution in [0.2, 0.25) is 0 Å². The number of rotatable bonds is 5. The molecule has 7 N–H and O–H groups in total. The SMILES string of the molecule is CC.Cc1ccc(S)cc1.N/C(=C\N(N)Cc1cccc(N)c1)c1cccc2c(=O)cc(N3CCCOCC3)[nH]c12. The van der Waals surface area contributed by atoms with Crippen LogP contribution in [0.5, 0.6) is 0 Å². The summed E-state index contributed by atoms with van der Waals surface area (Å²) in [6.45, 7) is 9.43. The normalized spacial score (nSPS) is 13.4. The van der Waals surface area contributed by atoms with Crippen molar-refractivity contribution in [2.24, 2.45) is 11.6 Å². The largest absolute Gasteiger partial charge is 0.399 e. The number of hydrogen-bond donors (Lipinski definition) is 5. The molecular weight excluding hydrogens is 532 g/mol. The molecule has 0 amide bonds. The monoisotopic (exact) mass is 574 g/mol. The lowest BCUT2D eigenvalue weighted by Crippen LogP contribution is -2.28. The molecule has 1 saturated heterocycles. The number of aryl methyl sites for hydroxylation is 1. The predicted molar refractivity (Wildman–Crippen MR) is 175 cm³/mol. The van der Waals surface area contributed by atoms with Crippen LogP contribution >= 0.6 is 12.6 Å². The van der Waals surface area contributed by atoms with E-state index < -0.39 is 0 Å². The quantitative estimate of drug-likeness (QED) is 0.0950. The van der Waals surface area contributed by atoms with Gasteiger partial charge in [0.15, 0.2) is 5.43 Å². The summed E-state index contributed by atoms with van der Waals surface area (Å²) in [5.41, 5.74) is 17.0. The molecule has 0 aliphatic carbocycles. The Kier molecular flexibility index (Phi) is 12.1. The third kappa shape index (κ3) is 9.31. The molecule has 3 aromatic carbocycles. The molecule has 0 bridgehead atoms. The molecule has 4 aromatic rings. The van der Waals surface area contributed by atoms with Crippen molar-refractivity contribution >= 4 is 40.7 Å². The van der Waals surface area contributed by atoms with E-state index >= 15 is 0 Å². The van der Waals surface area contributed by atoms with Crippen LogP contribution in [0, 0.1) is 6.92 Å². The Morgan fingerprint density at radius 1 is 1.05 bits per heavy atom. The highest BCUT2D eigenvalue weighted by Crippen LogP contribution is 2.23. The Morgan fingerprint density at radius 2 is 1.78 bits per heavy atom. The maximum Gasteiger partial charge on any atom is 0.191 e. The standard InChI is InChI=1S/C23H28N6O2.C7H8S.C2H6/c24-17-5-1-4-16(12-17)14-29(26)15-20(25)18-6-2-7-19-21(30)13-22(27-23(18)19)28-8-3-10-31-11-9-28;1-6-2-4-7(8)5-3-6;1-2/h1-2,4-7,12-13,15H,3,8-11,14,24-26H2,(H,27,30);2-5,8H,1H3;1-2H3/b20-15-;;. The lowest BCUT2D eigenvalue weighted by molar-refractivity contribution is 0.152. The van der Waals surface area contributed by atoms with Crippen LogP contribution in [0.25, 0.3) is 16.6 Å². The topological polar surface area (TPSA) is 127 Å². The summed E-state index contributed by atoms with van der Waals surface area (Å²) in [4.78, 5) is 19.4. The van der Waals surface area contributed by atoms with Crippen molar-refractivity contribution in [3.63, 3.8) is 0 Å². The number of nitrogens with zero attached hydrogens (tertiary/aromatic N) is 2. The van der Waals surface area contributed by atoms with E-state index in [0.29, 0.717) is 35.4 Å². The van der Waals surface area contributed by atoms with E-state index in [1.54, 1.807) is 18.3 Å². The van der Waals surface area contributed by atoms with E-state index in [1.807, 2.05) is 74.5 Å². The minimum Gasteiger partial charge on any atom is -0.399 e. The Balaban J connectivity index is 0.000000394. The van der Waals surface area contributed by atoms with Gasteiger partial charge in [-0.3, -0.25) is 4.79 Å². The third-order valence-electron chi connectivity index (χ3n) is 6.38. The number of hydrogen-bond acceptors (Lipinski definition) is 8. The molecule has 1 aromatic heterocycles. The predicted octanol–water partition coefficient (Wildman–Crippen LogP) is 5.28. The summed E-state index contributed by atoms with van der Waals surface area (Å²) in [5.74, 6) is 6.95. The number of nitrogen functional groups attached to an aromatic ring is 1. The van der Waals surface area contributed by atoms with Crippen LogP contribution in [0.15, 0.2) is 88.7 Å². The van der Waals surface area contributed by atoms with Crippen molar-refractivity contribution in [1.29, 1.82) is 0 Å². The van der Waals surface area contributed by atoms with Gasteiger partial charge in [-0.1, -0.05) is 55.8 Å². The van der Waals surface area contributed by atoms with Crippen LogP contribution in [0.3, 0.4) is 0 Å². The number of H-pyrrole nitrogens is 1. The fourth-order valence-corrected chi connectivity index (χ4v) is 4.55. The molecule has 1 aliphatic rings. The molecule has 218 valence electrons. The Morgan fingerprint density at radius 3 is 2.49 bits per heavy atom. The first-order valence-corrected chi connectivity index (χ1v) is 14.3. The van der Waals surface area contributed by atoms with Crippen LogP contribution in [-0.4, -0.2) is 36.3 Å². The number of nitrogens with two attached hydrogens (primary N) is 3. The second-order valence-electron chi connectivity index (χ2n) is 9.54. The Bertz CT molecular complexity index is 1460. The van der Waals surface area contributed by atoms with Crippen LogP contribution in [0.4, 0.5) is 11.5 Å². The fraction of sp³-hybridized carbons (Fsp3) is 0.281. The van der Waals surface area contributed by atoms with Gasteiger partial charge in [-0.2, -0.15) is 0 Å². The lowest BCUT2D eigenvalue weighted by atomic mass is 10.1. The van der Waals surface area contributed by atoms with Gasteiger partial charge in [0.25, 0.3) is 0 Å². The van der Waals surface area contributed by atoms with E-state index in [4.69, 9.17) is 22.0 Å². The van der Waals surface area contributed by atoms with E-state index in [2.05, 4.69) is 29.4 Å². The number of aromatic nitrogens is 1. The molecule has 1 fully saturated rings. The minimum atomic E-state index is -0.0482.